The zero-order valence-corrected chi connectivity index (χ0v) is 17.1. The highest BCUT2D eigenvalue weighted by molar-refractivity contribution is 6.05. The van der Waals surface area contributed by atoms with Crippen molar-refractivity contribution in [2.45, 2.75) is 27.3 Å². The molecule has 0 fully saturated rings. The Labute approximate surface area is 172 Å². The summed E-state index contributed by atoms with van der Waals surface area (Å²) in [5, 5.41) is 2.93. The highest BCUT2D eigenvalue weighted by atomic mass is 16.2. The molecule has 4 nitrogen and oxygen atoms in total. The first-order valence-electron chi connectivity index (χ1n) is 9.80. The van der Waals surface area contributed by atoms with Gasteiger partial charge in [-0.05, 0) is 62.2 Å². The Morgan fingerprint density at radius 3 is 2.14 bits per heavy atom. The van der Waals surface area contributed by atoms with E-state index in [1.165, 1.54) is 0 Å². The summed E-state index contributed by atoms with van der Waals surface area (Å²) in [5.41, 5.74) is 5.15. The van der Waals surface area contributed by atoms with Gasteiger partial charge in [0, 0.05) is 29.9 Å². The average molecular weight is 386 g/mol. The molecule has 0 spiro atoms. The van der Waals surface area contributed by atoms with Crippen molar-refractivity contribution >= 4 is 17.5 Å². The fourth-order valence-corrected chi connectivity index (χ4v) is 3.23. The van der Waals surface area contributed by atoms with Gasteiger partial charge in [-0.15, -0.1) is 0 Å². The molecule has 3 aromatic carbocycles. The molecule has 148 valence electrons. The molecule has 0 saturated carbocycles. The van der Waals surface area contributed by atoms with E-state index in [0.29, 0.717) is 24.2 Å². The van der Waals surface area contributed by atoms with Crippen molar-refractivity contribution in [2.75, 3.05) is 11.9 Å². The second-order valence-corrected chi connectivity index (χ2v) is 7.15. The summed E-state index contributed by atoms with van der Waals surface area (Å²) in [4.78, 5) is 27.2. The lowest BCUT2D eigenvalue weighted by atomic mass is 10.1. The lowest BCUT2D eigenvalue weighted by Crippen LogP contribution is -2.30. The monoisotopic (exact) mass is 386 g/mol. The van der Waals surface area contributed by atoms with E-state index in [4.69, 9.17) is 0 Å². The minimum Gasteiger partial charge on any atom is -0.335 e. The van der Waals surface area contributed by atoms with E-state index < -0.39 is 0 Å². The molecular weight excluding hydrogens is 360 g/mol. The standard InChI is InChI=1S/C25H26N2O2/c1-4-27(17-20-8-6-5-7-9-20)25(29)22-13-11-21(12-14-22)24(28)26-23-15-10-18(2)16-19(23)3/h5-16H,4,17H2,1-3H3,(H,26,28). The van der Waals surface area contributed by atoms with Crippen LogP contribution < -0.4 is 5.32 Å². The van der Waals surface area contributed by atoms with E-state index in [1.54, 1.807) is 29.2 Å². The minimum atomic E-state index is -0.187. The number of carbonyl (C=O) groups is 2. The van der Waals surface area contributed by atoms with Gasteiger partial charge in [-0.3, -0.25) is 9.59 Å². The zero-order chi connectivity index (χ0) is 20.8. The summed E-state index contributed by atoms with van der Waals surface area (Å²) in [6.07, 6.45) is 0. The van der Waals surface area contributed by atoms with Gasteiger partial charge in [-0.1, -0.05) is 48.0 Å². The van der Waals surface area contributed by atoms with Gasteiger partial charge in [0.05, 0.1) is 0 Å². The molecule has 1 N–H and O–H groups in total. The van der Waals surface area contributed by atoms with Gasteiger partial charge < -0.3 is 10.2 Å². The number of hydrogen-bond acceptors (Lipinski definition) is 2. The lowest BCUT2D eigenvalue weighted by molar-refractivity contribution is 0.0752. The van der Waals surface area contributed by atoms with Crippen molar-refractivity contribution < 1.29 is 9.59 Å². The van der Waals surface area contributed by atoms with Crippen LogP contribution in [0.25, 0.3) is 0 Å². The highest BCUT2D eigenvalue weighted by Crippen LogP contribution is 2.18. The van der Waals surface area contributed by atoms with Crippen molar-refractivity contribution in [1.29, 1.82) is 0 Å². The first kappa shape index (κ1) is 20.3. The second-order valence-electron chi connectivity index (χ2n) is 7.15. The summed E-state index contributed by atoms with van der Waals surface area (Å²) in [5.74, 6) is -0.231. The van der Waals surface area contributed by atoms with Crippen molar-refractivity contribution in [3.05, 3.63) is 101 Å². The number of nitrogens with one attached hydrogen (secondary N) is 1. The van der Waals surface area contributed by atoms with Crippen molar-refractivity contribution in [3.63, 3.8) is 0 Å². The topological polar surface area (TPSA) is 49.4 Å². The van der Waals surface area contributed by atoms with Crippen LogP contribution in [0.1, 0.15) is 44.3 Å². The molecular formula is C25H26N2O2. The number of carbonyl (C=O) groups excluding carboxylic acids is 2. The number of benzene rings is 3. The number of nitrogens with zero attached hydrogens (tertiary/aromatic N) is 1. The molecule has 0 saturated heterocycles. The van der Waals surface area contributed by atoms with Crippen LogP contribution in [0.4, 0.5) is 5.69 Å². The van der Waals surface area contributed by atoms with Crippen molar-refractivity contribution in [1.82, 2.24) is 4.90 Å². The molecule has 0 radical (unpaired) electrons. The van der Waals surface area contributed by atoms with Gasteiger partial charge >= 0.3 is 0 Å². The molecule has 0 aliphatic rings. The van der Waals surface area contributed by atoms with Gasteiger partial charge in [-0.25, -0.2) is 0 Å². The van der Waals surface area contributed by atoms with Gasteiger partial charge in [0.15, 0.2) is 0 Å². The van der Waals surface area contributed by atoms with Gasteiger partial charge in [0.1, 0.15) is 0 Å². The van der Waals surface area contributed by atoms with E-state index in [1.807, 2.05) is 69.3 Å². The van der Waals surface area contributed by atoms with Crippen molar-refractivity contribution in [2.24, 2.45) is 0 Å². The van der Waals surface area contributed by atoms with Crippen molar-refractivity contribution in [3.8, 4) is 0 Å². The first-order valence-corrected chi connectivity index (χ1v) is 9.80. The molecule has 0 bridgehead atoms. The number of amides is 2. The zero-order valence-electron chi connectivity index (χ0n) is 17.1. The smallest absolute Gasteiger partial charge is 0.255 e. The normalized spacial score (nSPS) is 10.4. The van der Waals surface area contributed by atoms with Gasteiger partial charge in [0.2, 0.25) is 0 Å². The average Bonchev–Trinajstić information content (AvgIpc) is 2.74. The van der Waals surface area contributed by atoms with Crippen LogP contribution in [0, 0.1) is 13.8 Å². The summed E-state index contributed by atoms with van der Waals surface area (Å²) in [7, 11) is 0. The van der Waals surface area contributed by atoms with Crippen LogP contribution in [0.2, 0.25) is 0 Å². The largest absolute Gasteiger partial charge is 0.335 e. The summed E-state index contributed by atoms with van der Waals surface area (Å²) in [6.45, 7) is 7.13. The van der Waals surface area contributed by atoms with E-state index in [0.717, 1.165) is 22.4 Å². The van der Waals surface area contributed by atoms with E-state index in [-0.39, 0.29) is 11.8 Å². The first-order chi connectivity index (χ1) is 14.0. The molecule has 3 rings (SSSR count). The van der Waals surface area contributed by atoms with Crippen LogP contribution in [-0.2, 0) is 6.54 Å². The Bertz CT molecular complexity index is 995. The number of hydrogen-bond donors (Lipinski definition) is 1. The number of rotatable bonds is 6. The van der Waals surface area contributed by atoms with Crippen LogP contribution in [0.3, 0.4) is 0 Å². The van der Waals surface area contributed by atoms with E-state index >= 15 is 0 Å². The van der Waals surface area contributed by atoms with Crippen LogP contribution in [-0.4, -0.2) is 23.3 Å². The maximum atomic E-state index is 12.9. The maximum Gasteiger partial charge on any atom is 0.255 e. The molecule has 2 amide bonds. The number of anilines is 1. The van der Waals surface area contributed by atoms with E-state index in [9.17, 15) is 9.59 Å². The molecule has 0 aromatic heterocycles. The fraction of sp³-hybridized carbons (Fsp3) is 0.200. The lowest BCUT2D eigenvalue weighted by Gasteiger charge is -2.21. The fourth-order valence-electron chi connectivity index (χ4n) is 3.23. The predicted octanol–water partition coefficient (Wildman–Crippen LogP) is 5.22. The highest BCUT2D eigenvalue weighted by Gasteiger charge is 2.15. The summed E-state index contributed by atoms with van der Waals surface area (Å²) in [6, 6.07) is 22.7. The number of aryl methyl sites for hydroxylation is 2. The molecule has 29 heavy (non-hydrogen) atoms. The summed E-state index contributed by atoms with van der Waals surface area (Å²) < 4.78 is 0. The SMILES string of the molecule is CCN(Cc1ccccc1)C(=O)c1ccc(C(=O)Nc2ccc(C)cc2C)cc1. The molecule has 3 aromatic rings. The molecule has 4 heteroatoms. The molecule has 0 aliphatic heterocycles. The minimum absolute atomic E-state index is 0.0438. The quantitative estimate of drug-likeness (QED) is 0.631. The Kier molecular flexibility index (Phi) is 6.45. The third-order valence-corrected chi connectivity index (χ3v) is 4.91. The molecule has 0 atom stereocenters. The third kappa shape index (κ3) is 5.11. The Morgan fingerprint density at radius 2 is 1.52 bits per heavy atom. The van der Waals surface area contributed by atoms with Crippen LogP contribution in [0.5, 0.6) is 0 Å². The second kappa shape index (κ2) is 9.20. The molecule has 0 unspecified atom stereocenters. The Morgan fingerprint density at radius 1 is 0.862 bits per heavy atom. The van der Waals surface area contributed by atoms with Crippen LogP contribution >= 0.6 is 0 Å². The van der Waals surface area contributed by atoms with E-state index in [2.05, 4.69) is 5.32 Å². The molecule has 0 heterocycles. The predicted molar refractivity (Wildman–Crippen MR) is 117 cm³/mol. The van der Waals surface area contributed by atoms with Gasteiger partial charge in [0.25, 0.3) is 11.8 Å². The van der Waals surface area contributed by atoms with Crippen LogP contribution in [0.15, 0.2) is 72.8 Å². The Hall–Kier alpha value is -3.40. The molecule has 0 aliphatic carbocycles. The Balaban J connectivity index is 1.69. The third-order valence-electron chi connectivity index (χ3n) is 4.91. The summed E-state index contributed by atoms with van der Waals surface area (Å²) >= 11 is 0. The van der Waals surface area contributed by atoms with Gasteiger partial charge in [-0.2, -0.15) is 0 Å². The maximum absolute atomic E-state index is 12.9.